The fourth-order valence-corrected chi connectivity index (χ4v) is 3.23. The molecule has 0 fully saturated rings. The molecule has 4 nitrogen and oxygen atoms in total. The third kappa shape index (κ3) is 3.54. The van der Waals surface area contributed by atoms with Crippen molar-refractivity contribution in [1.82, 2.24) is 4.72 Å². The van der Waals surface area contributed by atoms with Gasteiger partial charge in [0.05, 0.1) is 4.90 Å². The molecule has 0 radical (unpaired) electrons. The predicted octanol–water partition coefficient (Wildman–Crippen LogP) is 1.70. The Hall–Kier alpha value is -0.910. The third-order valence-electron chi connectivity index (χ3n) is 2.82. The Balaban J connectivity index is 3.16. The van der Waals surface area contributed by atoms with Crippen molar-refractivity contribution in [3.8, 4) is 0 Å². The van der Waals surface area contributed by atoms with Crippen molar-refractivity contribution in [3.05, 3.63) is 28.8 Å². The first-order valence-corrected chi connectivity index (χ1v) is 7.56. The lowest BCUT2D eigenvalue weighted by atomic mass is 10.1. The van der Waals surface area contributed by atoms with Crippen molar-refractivity contribution in [2.45, 2.75) is 39.1 Å². The maximum absolute atomic E-state index is 12.2. The number of rotatable bonds is 5. The smallest absolute Gasteiger partial charge is 0.240 e. The van der Waals surface area contributed by atoms with Crippen LogP contribution in [0.25, 0.3) is 0 Å². The first-order chi connectivity index (χ1) is 8.27. The van der Waals surface area contributed by atoms with E-state index in [9.17, 15) is 8.42 Å². The molecule has 0 amide bonds. The SMILES string of the molecule is Cc1cc(C)c(S(=O)(=O)NCC(C)C)cc1CN. The summed E-state index contributed by atoms with van der Waals surface area (Å²) < 4.78 is 27.0. The van der Waals surface area contributed by atoms with E-state index in [4.69, 9.17) is 5.73 Å². The number of nitrogens with two attached hydrogens (primary N) is 1. The second-order valence-electron chi connectivity index (χ2n) is 4.99. The second-order valence-corrected chi connectivity index (χ2v) is 6.73. The fourth-order valence-electron chi connectivity index (χ4n) is 1.74. The minimum Gasteiger partial charge on any atom is -0.326 e. The molecule has 0 saturated heterocycles. The highest BCUT2D eigenvalue weighted by atomic mass is 32.2. The van der Waals surface area contributed by atoms with E-state index < -0.39 is 10.0 Å². The Morgan fingerprint density at radius 2 is 1.83 bits per heavy atom. The normalized spacial score (nSPS) is 12.1. The van der Waals surface area contributed by atoms with Gasteiger partial charge < -0.3 is 5.73 Å². The Kier molecular flexibility index (Phi) is 4.90. The van der Waals surface area contributed by atoms with E-state index in [0.29, 0.717) is 18.0 Å². The molecule has 1 aromatic rings. The van der Waals surface area contributed by atoms with E-state index >= 15 is 0 Å². The summed E-state index contributed by atoms with van der Waals surface area (Å²) in [5.41, 5.74) is 8.26. The molecule has 0 unspecified atom stereocenters. The van der Waals surface area contributed by atoms with Crippen molar-refractivity contribution < 1.29 is 8.42 Å². The van der Waals surface area contributed by atoms with Crippen molar-refractivity contribution in [2.75, 3.05) is 6.54 Å². The molecule has 0 heterocycles. The van der Waals surface area contributed by atoms with Crippen LogP contribution in [0.5, 0.6) is 0 Å². The lowest BCUT2D eigenvalue weighted by Gasteiger charge is -2.13. The molecule has 0 saturated carbocycles. The topological polar surface area (TPSA) is 72.2 Å². The van der Waals surface area contributed by atoms with Crippen LogP contribution in [0.4, 0.5) is 0 Å². The standard InChI is InChI=1S/C13H22N2O2S/c1-9(2)8-15-18(16,17)13-6-12(7-14)10(3)5-11(13)4/h5-6,9,15H,7-8,14H2,1-4H3. The molecule has 0 aromatic heterocycles. The maximum Gasteiger partial charge on any atom is 0.240 e. The zero-order valence-electron chi connectivity index (χ0n) is 11.4. The monoisotopic (exact) mass is 270 g/mol. The van der Waals surface area contributed by atoms with Crippen LogP contribution in [-0.2, 0) is 16.6 Å². The largest absolute Gasteiger partial charge is 0.326 e. The van der Waals surface area contributed by atoms with Crippen molar-refractivity contribution in [1.29, 1.82) is 0 Å². The van der Waals surface area contributed by atoms with Gasteiger partial charge in [-0.1, -0.05) is 19.9 Å². The molecule has 102 valence electrons. The lowest BCUT2D eigenvalue weighted by Crippen LogP contribution is -2.28. The van der Waals surface area contributed by atoms with Gasteiger partial charge in [-0.05, 0) is 42.5 Å². The molecular formula is C13H22N2O2S. The molecule has 0 bridgehead atoms. The van der Waals surface area contributed by atoms with Gasteiger partial charge in [0.2, 0.25) is 10.0 Å². The molecule has 18 heavy (non-hydrogen) atoms. The Labute approximate surface area is 110 Å². The molecule has 1 rings (SSSR count). The third-order valence-corrected chi connectivity index (χ3v) is 4.39. The van der Waals surface area contributed by atoms with Gasteiger partial charge in [0.15, 0.2) is 0 Å². The number of hydrogen-bond donors (Lipinski definition) is 2. The van der Waals surface area contributed by atoms with Gasteiger partial charge >= 0.3 is 0 Å². The molecule has 1 aromatic carbocycles. The van der Waals surface area contributed by atoms with Crippen molar-refractivity contribution in [3.63, 3.8) is 0 Å². The van der Waals surface area contributed by atoms with Gasteiger partial charge in [0, 0.05) is 13.1 Å². The minimum atomic E-state index is -3.44. The summed E-state index contributed by atoms with van der Waals surface area (Å²) >= 11 is 0. The van der Waals surface area contributed by atoms with Crippen molar-refractivity contribution >= 4 is 10.0 Å². The van der Waals surface area contributed by atoms with Crippen LogP contribution in [0.1, 0.15) is 30.5 Å². The van der Waals surface area contributed by atoms with Crippen LogP contribution in [0.15, 0.2) is 17.0 Å². The van der Waals surface area contributed by atoms with Crippen LogP contribution in [0, 0.1) is 19.8 Å². The fraction of sp³-hybridized carbons (Fsp3) is 0.538. The molecule has 0 aliphatic heterocycles. The number of hydrogen-bond acceptors (Lipinski definition) is 3. The Bertz CT molecular complexity index is 522. The van der Waals surface area contributed by atoms with E-state index in [2.05, 4.69) is 4.72 Å². The first kappa shape index (κ1) is 15.1. The highest BCUT2D eigenvalue weighted by Crippen LogP contribution is 2.20. The minimum absolute atomic E-state index is 0.277. The van der Waals surface area contributed by atoms with Crippen LogP contribution in [0.2, 0.25) is 0 Å². The van der Waals surface area contributed by atoms with E-state index in [-0.39, 0.29) is 5.92 Å². The van der Waals surface area contributed by atoms with E-state index in [0.717, 1.165) is 16.7 Å². The average Bonchev–Trinajstić information content (AvgIpc) is 2.26. The summed E-state index contributed by atoms with van der Waals surface area (Å²) in [6.45, 7) is 8.46. The first-order valence-electron chi connectivity index (χ1n) is 6.07. The van der Waals surface area contributed by atoms with Crippen molar-refractivity contribution in [2.24, 2.45) is 11.7 Å². The quantitative estimate of drug-likeness (QED) is 0.855. The van der Waals surface area contributed by atoms with Crippen LogP contribution in [0.3, 0.4) is 0 Å². The van der Waals surface area contributed by atoms with Gasteiger partial charge in [-0.2, -0.15) is 0 Å². The summed E-state index contributed by atoms with van der Waals surface area (Å²) in [5, 5.41) is 0. The van der Waals surface area contributed by atoms with Crippen LogP contribution < -0.4 is 10.5 Å². The molecular weight excluding hydrogens is 248 g/mol. The molecule has 0 aliphatic carbocycles. The lowest BCUT2D eigenvalue weighted by molar-refractivity contribution is 0.559. The van der Waals surface area contributed by atoms with Gasteiger partial charge in [0.1, 0.15) is 0 Å². The molecule has 0 spiro atoms. The molecule has 5 heteroatoms. The van der Waals surface area contributed by atoms with Gasteiger partial charge in [0.25, 0.3) is 0 Å². The average molecular weight is 270 g/mol. The van der Waals surface area contributed by atoms with E-state index in [1.807, 2.05) is 26.8 Å². The van der Waals surface area contributed by atoms with E-state index in [1.54, 1.807) is 13.0 Å². The molecule has 0 aliphatic rings. The molecule has 0 atom stereocenters. The van der Waals surface area contributed by atoms with Gasteiger partial charge in [-0.25, -0.2) is 13.1 Å². The summed E-state index contributed by atoms with van der Waals surface area (Å²) in [7, 11) is -3.44. The summed E-state index contributed by atoms with van der Waals surface area (Å²) in [6.07, 6.45) is 0. The summed E-state index contributed by atoms with van der Waals surface area (Å²) in [5.74, 6) is 0.277. The van der Waals surface area contributed by atoms with Crippen LogP contribution in [-0.4, -0.2) is 15.0 Å². The predicted molar refractivity (Wildman–Crippen MR) is 73.8 cm³/mol. The highest BCUT2D eigenvalue weighted by molar-refractivity contribution is 7.89. The summed E-state index contributed by atoms with van der Waals surface area (Å²) in [4.78, 5) is 0.328. The number of aryl methyl sites for hydroxylation is 2. The van der Waals surface area contributed by atoms with Gasteiger partial charge in [-0.15, -0.1) is 0 Å². The summed E-state index contributed by atoms with van der Waals surface area (Å²) in [6, 6.07) is 3.54. The second kappa shape index (κ2) is 5.82. The Morgan fingerprint density at radius 1 is 1.22 bits per heavy atom. The zero-order chi connectivity index (χ0) is 13.9. The number of benzene rings is 1. The zero-order valence-corrected chi connectivity index (χ0v) is 12.3. The van der Waals surface area contributed by atoms with Gasteiger partial charge in [-0.3, -0.25) is 0 Å². The number of sulfonamides is 1. The van der Waals surface area contributed by atoms with Crippen LogP contribution >= 0.6 is 0 Å². The highest BCUT2D eigenvalue weighted by Gasteiger charge is 2.18. The van der Waals surface area contributed by atoms with E-state index in [1.165, 1.54) is 0 Å². The Morgan fingerprint density at radius 3 is 2.33 bits per heavy atom. The number of nitrogens with one attached hydrogen (secondary N) is 1. The maximum atomic E-state index is 12.2. The molecule has 3 N–H and O–H groups in total.